The minimum absolute atomic E-state index is 0.00986. The second-order valence-electron chi connectivity index (χ2n) is 35.1. The molecule has 4 fully saturated rings. The van der Waals surface area contributed by atoms with Crippen LogP contribution in [-0.4, -0.2) is 318 Å². The number of aliphatic hydroxyl groups is 1. The summed E-state index contributed by atoms with van der Waals surface area (Å²) in [5, 5.41) is 72.1. The number of thiophene rings is 1. The summed E-state index contributed by atoms with van der Waals surface area (Å²) in [6, 6.07) is -2.27. The SMILES string of the molecule is CCCC[C@H]1C(=O)N(C)[C@@H](CCCC)C(=O)N[C@@H](CC(=O)O)C(=O)N[C@H](C(=O)NCC(N)=O)CSCC(=O)N[C@@H](Cc2ccc(O)cc2)C(=O)N2CCCCC2C(=O)N[C@@H](CC(=O)O)C(=O)N2CCC[C@H]2C(=O)N[C@@H](CC2=CCC=N2)C(=O)N[C@@H](CCCN)C(=O)N2C[C@H](O)C[C@H]2C(=O)N[C@@H](Cc2c[nH]c3ccccc23)C(=O)N[C@@H](CCCN)C(=O)N[C@@H](Cc2csc3ccccc23)C(=O)N1C. The van der Waals surface area contributed by atoms with E-state index in [0.29, 0.717) is 83.6 Å². The Bertz CT molecular complexity index is 5260. The number of amides is 16. The molecule has 5 aliphatic heterocycles. The number of aromatic hydroxyl groups is 1. The van der Waals surface area contributed by atoms with Crippen molar-refractivity contribution in [1.29, 1.82) is 0 Å². The van der Waals surface area contributed by atoms with Crippen LogP contribution in [0, 0.1) is 0 Å². The first-order valence-electron chi connectivity index (χ1n) is 46.4. The maximum absolute atomic E-state index is 15.9. The number of carbonyl (C=O) groups excluding carboxylic acids is 16. The van der Waals surface area contributed by atoms with Crippen LogP contribution in [0.25, 0.3) is 21.0 Å². The van der Waals surface area contributed by atoms with E-state index in [1.54, 1.807) is 55.7 Å². The molecule has 742 valence electrons. The minimum atomic E-state index is -2.02. The largest absolute Gasteiger partial charge is 0.508 e. The van der Waals surface area contributed by atoms with E-state index >= 15 is 47.9 Å². The Kier molecular flexibility index (Phi) is 39.7. The molecule has 0 saturated carbocycles. The van der Waals surface area contributed by atoms with Crippen LogP contribution in [-0.2, 0) is 106 Å². The molecule has 5 aliphatic rings. The smallest absolute Gasteiger partial charge is 0.305 e. The van der Waals surface area contributed by atoms with Crippen molar-refractivity contribution in [3.05, 3.63) is 113 Å². The molecule has 0 aliphatic carbocycles. The number of likely N-dealkylation sites (N-methyl/N-ethyl adjacent to an activating group) is 2. The molecule has 0 bridgehead atoms. The maximum atomic E-state index is 15.9. The van der Waals surface area contributed by atoms with Gasteiger partial charge in [0.05, 0.1) is 31.2 Å². The quantitative estimate of drug-likeness (QED) is 0.0311. The van der Waals surface area contributed by atoms with Crippen molar-refractivity contribution in [3.63, 3.8) is 0 Å². The summed E-state index contributed by atoms with van der Waals surface area (Å²) >= 11 is 2.06. The lowest BCUT2D eigenvalue weighted by atomic mass is 9.97. The number of carboxylic acids is 2. The fourth-order valence-corrected chi connectivity index (χ4v) is 19.5. The predicted octanol–water partition coefficient (Wildman–Crippen LogP) is -0.628. The van der Waals surface area contributed by atoms with E-state index in [1.807, 2.05) is 30.5 Å². The van der Waals surface area contributed by atoms with Crippen LogP contribution >= 0.6 is 23.1 Å². The first-order chi connectivity index (χ1) is 65.6. The number of para-hydroxylation sites is 1. The van der Waals surface area contributed by atoms with Gasteiger partial charge in [-0.1, -0.05) is 94.1 Å². The van der Waals surface area contributed by atoms with Gasteiger partial charge in [0.2, 0.25) is 94.5 Å². The number of nitrogens with zero attached hydrogens (tertiary/aromatic N) is 6. The topological polar surface area (TPSA) is 631 Å². The number of thioether (sulfide) groups is 1. The number of fused-ring (bicyclic) bond motifs is 5. The molecule has 15 atom stereocenters. The number of aliphatic imine (C=N–C) groups is 1. The number of primary amides is 1. The average Bonchev–Trinajstić information content (AvgIpc) is 1.24. The molecule has 1 unspecified atom stereocenters. The summed E-state index contributed by atoms with van der Waals surface area (Å²) in [7, 11) is 2.64. The number of H-pyrrole nitrogens is 1. The number of phenolic OH excluding ortho intramolecular Hbond substituents is 1. The van der Waals surface area contributed by atoms with Crippen LogP contribution in [0.4, 0.5) is 0 Å². The third-order valence-electron chi connectivity index (χ3n) is 25.0. The summed E-state index contributed by atoms with van der Waals surface area (Å²) in [6.45, 7) is 2.09. The maximum Gasteiger partial charge on any atom is 0.305 e. The van der Waals surface area contributed by atoms with Crippen molar-refractivity contribution in [2.24, 2.45) is 22.2 Å². The molecule has 2 aromatic heterocycles. The number of allylic oxidation sites excluding steroid dienone is 1. The van der Waals surface area contributed by atoms with Crippen LogP contribution in [0.2, 0.25) is 0 Å². The van der Waals surface area contributed by atoms with Gasteiger partial charge in [-0.3, -0.25) is 91.3 Å². The van der Waals surface area contributed by atoms with Crippen molar-refractivity contribution in [2.75, 3.05) is 64.9 Å². The summed E-state index contributed by atoms with van der Waals surface area (Å²) in [5.41, 5.74) is 20.1. The highest BCUT2D eigenvalue weighted by atomic mass is 32.2. The number of carbonyl (C=O) groups is 18. The van der Waals surface area contributed by atoms with Crippen molar-refractivity contribution in [3.8, 4) is 5.75 Å². The standard InChI is InChI=1S/C93H126N20O22S2/c1-5-7-25-70-85(127)105-65(44-78(118)119)84(126)108-69(80(122)99-47-76(96)116)50-136-51-77(117)100-66(39-52-30-32-56(114)33-31-52)91(133)111-37-14-13-27-71(111)87(129)107-68(45-79(120)121)92(134)112-38-18-28-72(112)86(128)104-64(42-55-19-17-36-97-55)83(125)102-62(24-16-35-95)90(132)113-48-57(115)43-74(113)88(130)103-63(40-53-46-98-60-22-11-9-20-58(53)60)82(124)101-61(23-15-34-94)81(123)106-67(41-54-49-137-75-29-12-10-21-59(54)75)89(131)110(4)73(26-8-6-2)93(135)109(70)3/h9-12,19-22,29-33,36,46,49,57,61-74,98,114-115H,5-8,13-18,23-28,34-35,37-45,47-48,50-51,94-95H2,1-4H3,(H2,96,116)(H,99,122)(H,100,117)(H,101,124)(H,102,125)(H,103,130)(H,104,128)(H,105,127)(H,106,123)(H,107,129)(H,108,126)(H,118,119)(H,120,121)/t57-,61+,62+,63+,64+,65+,66+,67+,68+,69+,70+,71?,72+,73+,74+/m1/s1. The number of unbranched alkanes of at least 4 members (excludes halogenated alkanes) is 2. The van der Waals surface area contributed by atoms with Crippen molar-refractivity contribution in [2.45, 2.75) is 252 Å². The lowest BCUT2D eigenvalue weighted by Gasteiger charge is -2.38. The molecular weight excluding hydrogens is 1810 g/mol. The van der Waals surface area contributed by atoms with E-state index in [4.69, 9.17) is 17.2 Å². The second-order valence-corrected chi connectivity index (χ2v) is 37.0. The molecule has 0 radical (unpaired) electrons. The number of rotatable bonds is 27. The Labute approximate surface area is 799 Å². The Morgan fingerprint density at radius 2 is 1.05 bits per heavy atom. The van der Waals surface area contributed by atoms with Crippen LogP contribution in [0.3, 0.4) is 0 Å². The van der Waals surface area contributed by atoms with E-state index in [-0.39, 0.29) is 128 Å². The number of aromatic amines is 1. The van der Waals surface area contributed by atoms with Gasteiger partial charge in [0.25, 0.3) is 0 Å². The third kappa shape index (κ3) is 29.3. The average molecular weight is 1940 g/mol. The van der Waals surface area contributed by atoms with Crippen molar-refractivity contribution < 1.29 is 107 Å². The molecule has 44 heteroatoms. The Morgan fingerprint density at radius 1 is 0.518 bits per heavy atom. The third-order valence-corrected chi connectivity index (χ3v) is 27.1. The zero-order valence-corrected chi connectivity index (χ0v) is 78.8. The molecule has 5 aromatic rings. The molecule has 137 heavy (non-hydrogen) atoms. The van der Waals surface area contributed by atoms with Gasteiger partial charge in [0.15, 0.2) is 0 Å². The number of aliphatic hydroxyl groups excluding tert-OH is 1. The lowest BCUT2D eigenvalue weighted by Crippen LogP contribution is -2.61. The van der Waals surface area contributed by atoms with E-state index < -0.39 is 235 Å². The molecular formula is C93H126N20O22S2. The van der Waals surface area contributed by atoms with Gasteiger partial charge >= 0.3 is 11.9 Å². The zero-order valence-electron chi connectivity index (χ0n) is 77.2. The number of aromatic nitrogens is 1. The predicted molar refractivity (Wildman–Crippen MR) is 506 cm³/mol. The Hall–Kier alpha value is -12.9. The second kappa shape index (κ2) is 51.3. The van der Waals surface area contributed by atoms with E-state index in [1.165, 1.54) is 49.7 Å². The number of piperidine rings is 1. The number of benzene rings is 3. The van der Waals surface area contributed by atoms with Gasteiger partial charge in [-0.25, -0.2) is 0 Å². The number of nitrogens with two attached hydrogens (primary N) is 3. The number of hydrogen-bond donors (Lipinski definition) is 18. The highest BCUT2D eigenvalue weighted by molar-refractivity contribution is 8.00. The van der Waals surface area contributed by atoms with Crippen LogP contribution in [0.1, 0.15) is 159 Å². The molecule has 42 nitrogen and oxygen atoms in total. The molecule has 3 aromatic carbocycles. The zero-order chi connectivity index (χ0) is 99.3. The van der Waals surface area contributed by atoms with Gasteiger partial charge in [-0.2, -0.15) is 0 Å². The Morgan fingerprint density at radius 3 is 1.70 bits per heavy atom. The molecule has 10 rings (SSSR count). The van der Waals surface area contributed by atoms with Gasteiger partial charge in [-0.15, -0.1) is 23.1 Å². The molecule has 0 spiro atoms. The van der Waals surface area contributed by atoms with E-state index in [0.717, 1.165) is 34.6 Å². The summed E-state index contributed by atoms with van der Waals surface area (Å²) in [6.07, 6.45) is 2.23. The number of nitrogens with one attached hydrogen (secondary N) is 11. The highest BCUT2D eigenvalue weighted by Crippen LogP contribution is 2.31. The van der Waals surface area contributed by atoms with Crippen LogP contribution in [0.5, 0.6) is 5.75 Å². The first kappa shape index (κ1) is 106. The van der Waals surface area contributed by atoms with Crippen LogP contribution < -0.4 is 70.4 Å². The monoisotopic (exact) mass is 1940 g/mol. The van der Waals surface area contributed by atoms with Gasteiger partial charge in [0.1, 0.15) is 90.3 Å². The highest BCUT2D eigenvalue weighted by Gasteiger charge is 2.48. The minimum Gasteiger partial charge on any atom is -0.508 e. The van der Waals surface area contributed by atoms with E-state index in [2.05, 4.69) is 63.1 Å². The molecule has 16 amide bonds. The fraction of sp³-hybridized carbons (Fsp3) is 0.538. The summed E-state index contributed by atoms with van der Waals surface area (Å²) in [4.78, 5) is 278. The molecule has 7 heterocycles. The number of phenols is 1. The van der Waals surface area contributed by atoms with Crippen molar-refractivity contribution in [1.82, 2.24) is 82.7 Å². The van der Waals surface area contributed by atoms with Crippen LogP contribution in [0.15, 0.2) is 101 Å². The summed E-state index contributed by atoms with van der Waals surface area (Å²) < 4.78 is 0.821. The Balaban J connectivity index is 1.03. The fourth-order valence-electron chi connectivity index (χ4n) is 17.7. The molecule has 21 N–H and O–H groups in total. The van der Waals surface area contributed by atoms with Gasteiger partial charge < -0.3 is 120 Å². The normalized spacial score (nSPS) is 25.5. The van der Waals surface area contributed by atoms with Gasteiger partial charge in [0, 0.05) is 112 Å². The lowest BCUT2D eigenvalue weighted by molar-refractivity contribution is -0.149. The molecule has 4 saturated heterocycles. The number of carboxylic acid groups (broad SMARTS) is 2. The van der Waals surface area contributed by atoms with E-state index in [9.17, 15) is 58.8 Å². The van der Waals surface area contributed by atoms with Crippen molar-refractivity contribution >= 4 is 157 Å². The number of hydrogen-bond acceptors (Lipinski definition) is 25. The first-order valence-corrected chi connectivity index (χ1v) is 48.5. The van der Waals surface area contributed by atoms with Gasteiger partial charge in [-0.05, 0) is 135 Å². The summed E-state index contributed by atoms with van der Waals surface area (Å²) in [5.74, 6) is -19.8. The number of aliphatic carboxylic acids is 2.